The van der Waals surface area contributed by atoms with Crippen LogP contribution in [0.4, 0.5) is 38.5 Å². The lowest BCUT2D eigenvalue weighted by atomic mass is 9.62. The van der Waals surface area contributed by atoms with Crippen molar-refractivity contribution in [3.8, 4) is 0 Å². The van der Waals surface area contributed by atoms with E-state index >= 15 is 0 Å². The standard InChI is InChI=1S/C24H28F4N4O2/c1-23(2)10-16(30-22(34)32-20-9-15(26)5-7-18(20)28)11-24(3,12-23)13-29-21(33)31-19-8-14(25)4-6-17(19)27/h4-9,16H,10-13H2,1-3H3,(H2,29,31,33)(H2,30,32,34)/t16-,24-/m1/s1. The quantitative estimate of drug-likeness (QED) is 0.410. The molecule has 2 atom stereocenters. The Morgan fingerprint density at radius 1 is 0.853 bits per heavy atom. The predicted molar refractivity (Wildman–Crippen MR) is 121 cm³/mol. The zero-order chi connectivity index (χ0) is 25.1. The Labute approximate surface area is 195 Å². The average molecular weight is 481 g/mol. The fraction of sp³-hybridized carbons (Fsp3) is 0.417. The van der Waals surface area contributed by atoms with E-state index in [2.05, 4.69) is 21.3 Å². The van der Waals surface area contributed by atoms with E-state index in [1.165, 1.54) is 0 Å². The summed E-state index contributed by atoms with van der Waals surface area (Å²) in [7, 11) is 0. The SMILES string of the molecule is CC1(C)C[C@@H](NC(=O)Nc2cc(F)ccc2F)C[C@@](C)(CNC(=O)Nc2cc(F)ccc2F)C1. The second kappa shape index (κ2) is 9.90. The van der Waals surface area contributed by atoms with Crippen molar-refractivity contribution < 1.29 is 27.2 Å². The molecule has 2 aromatic carbocycles. The van der Waals surface area contributed by atoms with Crippen LogP contribution in [0.3, 0.4) is 0 Å². The molecule has 0 saturated heterocycles. The maximum absolute atomic E-state index is 13.8. The highest BCUT2D eigenvalue weighted by Gasteiger charge is 2.42. The number of halogens is 4. The summed E-state index contributed by atoms with van der Waals surface area (Å²) in [5.74, 6) is -2.87. The fourth-order valence-electron chi connectivity index (χ4n) is 4.86. The molecule has 184 valence electrons. The van der Waals surface area contributed by atoms with Crippen molar-refractivity contribution in [2.45, 2.75) is 46.1 Å². The Bertz CT molecular complexity index is 1080. The Balaban J connectivity index is 1.60. The Morgan fingerprint density at radius 3 is 1.94 bits per heavy atom. The highest BCUT2D eigenvalue weighted by molar-refractivity contribution is 5.90. The summed E-state index contributed by atoms with van der Waals surface area (Å²) >= 11 is 0. The second-order valence-corrected chi connectivity index (χ2v) is 9.91. The van der Waals surface area contributed by atoms with Gasteiger partial charge in [-0.2, -0.15) is 0 Å². The molecular weight excluding hydrogens is 452 g/mol. The first kappa shape index (κ1) is 25.3. The van der Waals surface area contributed by atoms with Gasteiger partial charge < -0.3 is 21.3 Å². The van der Waals surface area contributed by atoms with Gasteiger partial charge in [0.15, 0.2) is 0 Å². The lowest BCUT2D eigenvalue weighted by Crippen LogP contribution is -2.51. The third-order valence-corrected chi connectivity index (χ3v) is 5.81. The number of rotatable bonds is 5. The number of nitrogens with one attached hydrogen (secondary N) is 4. The fourth-order valence-corrected chi connectivity index (χ4v) is 4.86. The maximum Gasteiger partial charge on any atom is 0.319 e. The average Bonchev–Trinajstić information content (AvgIpc) is 2.70. The van der Waals surface area contributed by atoms with Gasteiger partial charge in [-0.1, -0.05) is 20.8 Å². The molecule has 1 saturated carbocycles. The van der Waals surface area contributed by atoms with Gasteiger partial charge in [0.1, 0.15) is 23.3 Å². The number of carbonyl (C=O) groups excluding carboxylic acids is 2. The molecule has 3 rings (SSSR count). The van der Waals surface area contributed by atoms with Crippen LogP contribution in [0.1, 0.15) is 40.0 Å². The van der Waals surface area contributed by atoms with Crippen LogP contribution in [0, 0.1) is 34.1 Å². The van der Waals surface area contributed by atoms with E-state index in [1.54, 1.807) is 0 Å². The van der Waals surface area contributed by atoms with E-state index in [0.717, 1.165) is 42.8 Å². The number of hydrogen-bond acceptors (Lipinski definition) is 2. The molecule has 4 amide bonds. The lowest BCUT2D eigenvalue weighted by molar-refractivity contribution is 0.0761. The van der Waals surface area contributed by atoms with E-state index in [1.807, 2.05) is 20.8 Å². The largest absolute Gasteiger partial charge is 0.337 e. The van der Waals surface area contributed by atoms with Gasteiger partial charge in [-0.05, 0) is 54.4 Å². The number of benzene rings is 2. The third-order valence-electron chi connectivity index (χ3n) is 5.81. The minimum absolute atomic E-state index is 0.193. The molecule has 0 aromatic heterocycles. The number of urea groups is 2. The van der Waals surface area contributed by atoms with Gasteiger partial charge in [0, 0.05) is 24.7 Å². The molecule has 2 aromatic rings. The maximum atomic E-state index is 13.8. The van der Waals surface area contributed by atoms with Crippen molar-refractivity contribution in [3.63, 3.8) is 0 Å². The molecule has 10 heteroatoms. The minimum atomic E-state index is -0.758. The molecule has 4 N–H and O–H groups in total. The molecule has 0 unspecified atom stereocenters. The van der Waals surface area contributed by atoms with Crippen molar-refractivity contribution in [2.24, 2.45) is 10.8 Å². The van der Waals surface area contributed by atoms with Gasteiger partial charge in [0.05, 0.1) is 11.4 Å². The molecule has 1 aliphatic carbocycles. The summed E-state index contributed by atoms with van der Waals surface area (Å²) in [6, 6.07) is 3.91. The Hall–Kier alpha value is -3.30. The molecule has 1 fully saturated rings. The van der Waals surface area contributed by atoms with Crippen LogP contribution in [0.15, 0.2) is 36.4 Å². The highest BCUT2D eigenvalue weighted by atomic mass is 19.1. The molecule has 0 bridgehead atoms. The smallest absolute Gasteiger partial charge is 0.319 e. The minimum Gasteiger partial charge on any atom is -0.337 e. The van der Waals surface area contributed by atoms with Crippen molar-refractivity contribution in [3.05, 3.63) is 59.7 Å². The molecule has 0 aliphatic heterocycles. The molecule has 34 heavy (non-hydrogen) atoms. The van der Waals surface area contributed by atoms with Crippen molar-refractivity contribution in [1.82, 2.24) is 10.6 Å². The van der Waals surface area contributed by atoms with E-state index in [0.29, 0.717) is 12.8 Å². The zero-order valence-electron chi connectivity index (χ0n) is 19.2. The first-order valence-electron chi connectivity index (χ1n) is 10.9. The van der Waals surface area contributed by atoms with Crippen LogP contribution < -0.4 is 21.3 Å². The van der Waals surface area contributed by atoms with Gasteiger partial charge in [0.25, 0.3) is 0 Å². The van der Waals surface area contributed by atoms with Crippen molar-refractivity contribution in [1.29, 1.82) is 0 Å². The van der Waals surface area contributed by atoms with Crippen molar-refractivity contribution in [2.75, 3.05) is 17.2 Å². The molecule has 0 spiro atoms. The van der Waals surface area contributed by atoms with E-state index in [4.69, 9.17) is 0 Å². The number of amides is 4. The third kappa shape index (κ3) is 6.85. The Morgan fingerprint density at radius 2 is 1.38 bits per heavy atom. The monoisotopic (exact) mass is 480 g/mol. The topological polar surface area (TPSA) is 82.3 Å². The summed E-state index contributed by atoms with van der Waals surface area (Å²) < 4.78 is 54.3. The van der Waals surface area contributed by atoms with E-state index in [-0.39, 0.29) is 29.4 Å². The number of anilines is 2. The van der Waals surface area contributed by atoms with Crippen LogP contribution in [0.25, 0.3) is 0 Å². The van der Waals surface area contributed by atoms with E-state index in [9.17, 15) is 27.2 Å². The molecule has 0 heterocycles. The summed E-state index contributed by atoms with van der Waals surface area (Å²) in [6.07, 6.45) is 1.87. The van der Waals surface area contributed by atoms with Gasteiger partial charge >= 0.3 is 12.1 Å². The number of carbonyl (C=O) groups is 2. The zero-order valence-corrected chi connectivity index (χ0v) is 19.2. The van der Waals surface area contributed by atoms with Gasteiger partial charge in [-0.15, -0.1) is 0 Å². The number of hydrogen-bond donors (Lipinski definition) is 4. The molecule has 0 radical (unpaired) electrons. The summed E-state index contributed by atoms with van der Waals surface area (Å²) in [6.45, 7) is 6.24. The van der Waals surface area contributed by atoms with Crippen LogP contribution in [-0.2, 0) is 0 Å². The predicted octanol–water partition coefficient (Wildman–Crippen LogP) is 5.77. The van der Waals surface area contributed by atoms with Crippen LogP contribution >= 0.6 is 0 Å². The van der Waals surface area contributed by atoms with Crippen LogP contribution in [-0.4, -0.2) is 24.6 Å². The van der Waals surface area contributed by atoms with Crippen molar-refractivity contribution >= 4 is 23.4 Å². The van der Waals surface area contributed by atoms with Gasteiger partial charge in [-0.25, -0.2) is 27.2 Å². The summed E-state index contributed by atoms with van der Waals surface area (Å²) in [5.41, 5.74) is -1.16. The van der Waals surface area contributed by atoms with Crippen LogP contribution in [0.5, 0.6) is 0 Å². The second-order valence-electron chi connectivity index (χ2n) is 9.91. The lowest BCUT2D eigenvalue weighted by Gasteiger charge is -2.46. The van der Waals surface area contributed by atoms with E-state index < -0.39 is 40.7 Å². The summed E-state index contributed by atoms with van der Waals surface area (Å²) in [5, 5.41) is 10.1. The molecular formula is C24H28F4N4O2. The first-order valence-corrected chi connectivity index (χ1v) is 10.9. The van der Waals surface area contributed by atoms with Crippen LogP contribution in [0.2, 0.25) is 0 Å². The molecule has 6 nitrogen and oxygen atoms in total. The first-order chi connectivity index (χ1) is 15.8. The normalized spacial score (nSPS) is 21.4. The Kier molecular flexibility index (Phi) is 7.38. The van der Waals surface area contributed by atoms with Gasteiger partial charge in [-0.3, -0.25) is 0 Å². The van der Waals surface area contributed by atoms with Gasteiger partial charge in [0.2, 0.25) is 0 Å². The highest BCUT2D eigenvalue weighted by Crippen LogP contribution is 2.45. The molecule has 1 aliphatic rings. The summed E-state index contributed by atoms with van der Waals surface area (Å²) in [4.78, 5) is 24.7.